The van der Waals surface area contributed by atoms with Crippen LogP contribution in [-0.2, 0) is 26.0 Å². The van der Waals surface area contributed by atoms with Gasteiger partial charge in [-0.2, -0.15) is 0 Å². The summed E-state index contributed by atoms with van der Waals surface area (Å²) >= 11 is 5.85. The molecule has 1 saturated heterocycles. The maximum Gasteiger partial charge on any atom is 0.266 e. The van der Waals surface area contributed by atoms with E-state index in [0.717, 1.165) is 6.07 Å². The van der Waals surface area contributed by atoms with Crippen molar-refractivity contribution >= 4 is 51.4 Å². The molecule has 0 bridgehead atoms. The molecule has 1 amide bonds. The zero-order chi connectivity index (χ0) is 22.1. The summed E-state index contributed by atoms with van der Waals surface area (Å²) in [5.41, 5.74) is 6.15. The Bertz CT molecular complexity index is 1110. The molecule has 1 unspecified atom stereocenters. The molecular weight excluding hydrogens is 470 g/mol. The molecule has 1 aliphatic heterocycles. The number of carbonyl (C=O) groups excluding carboxylic acids is 2. The molecule has 2 aromatic rings. The number of anilines is 1. The van der Waals surface area contributed by atoms with Crippen LogP contribution < -0.4 is 10.5 Å². The van der Waals surface area contributed by atoms with Gasteiger partial charge in [0.1, 0.15) is 11.6 Å². The molecule has 3 rings (SSSR count). The third-order valence-corrected chi connectivity index (χ3v) is 7.03. The van der Waals surface area contributed by atoms with Crippen LogP contribution in [0.4, 0.5) is 10.1 Å². The summed E-state index contributed by atoms with van der Waals surface area (Å²) < 4.78 is 45.7. The zero-order valence-corrected chi connectivity index (χ0v) is 18.9. The Morgan fingerprint density at radius 3 is 2.58 bits per heavy atom. The van der Waals surface area contributed by atoms with Crippen molar-refractivity contribution in [1.82, 2.24) is 4.31 Å². The number of sulfonamides is 1. The topological polar surface area (TPSA) is 107 Å². The van der Waals surface area contributed by atoms with Crippen LogP contribution in [0.1, 0.15) is 18.4 Å². The first-order chi connectivity index (χ1) is 14.1. The summed E-state index contributed by atoms with van der Waals surface area (Å²) in [6.45, 7) is -0.569. The first kappa shape index (κ1) is 24.9. The molecule has 0 saturated carbocycles. The Morgan fingerprint density at radius 2 is 1.94 bits per heavy atom. The predicted octanol–water partition coefficient (Wildman–Crippen LogP) is 3.23. The Kier molecular flexibility index (Phi) is 7.91. The first-order valence-electron chi connectivity index (χ1n) is 9.09. The molecule has 0 aliphatic carbocycles. The van der Waals surface area contributed by atoms with Crippen molar-refractivity contribution in [3.63, 3.8) is 0 Å². The van der Waals surface area contributed by atoms with Crippen LogP contribution in [-0.4, -0.2) is 38.1 Å². The summed E-state index contributed by atoms with van der Waals surface area (Å²) in [4.78, 5) is 25.1. The number of methoxy groups -OCH3 is 1. The van der Waals surface area contributed by atoms with E-state index in [4.69, 9.17) is 22.1 Å². The Labute approximate surface area is 190 Å². The van der Waals surface area contributed by atoms with Crippen LogP contribution in [0.2, 0.25) is 5.02 Å². The van der Waals surface area contributed by atoms with Crippen molar-refractivity contribution in [3.05, 3.63) is 52.8 Å². The van der Waals surface area contributed by atoms with Gasteiger partial charge in [-0.15, -0.1) is 12.4 Å². The molecular formula is C20H21Cl2FN2O5S. The highest BCUT2D eigenvalue weighted by molar-refractivity contribution is 7.89. The second-order valence-corrected chi connectivity index (χ2v) is 9.24. The third-order valence-electron chi connectivity index (χ3n) is 4.95. The van der Waals surface area contributed by atoms with Gasteiger partial charge in [0.15, 0.2) is 5.78 Å². The first-order valence-corrected chi connectivity index (χ1v) is 10.9. The highest BCUT2D eigenvalue weighted by Crippen LogP contribution is 2.30. The SMILES string of the molecule is COc1ccc(F)cc1CC1CCC(=O)CN(S(=O)(=O)c2ccc(Cl)c(N)c2)C1=O.Cl. The lowest BCUT2D eigenvalue weighted by Gasteiger charge is -2.24. The molecule has 1 fully saturated rings. The summed E-state index contributed by atoms with van der Waals surface area (Å²) in [5.74, 6) is -2.10. The van der Waals surface area contributed by atoms with Crippen molar-refractivity contribution < 1.29 is 27.1 Å². The number of ether oxygens (including phenoxy) is 1. The normalized spacial score (nSPS) is 17.1. The van der Waals surface area contributed by atoms with Gasteiger partial charge >= 0.3 is 0 Å². The molecule has 2 N–H and O–H groups in total. The fourth-order valence-electron chi connectivity index (χ4n) is 3.35. The van der Waals surface area contributed by atoms with Crippen molar-refractivity contribution in [2.45, 2.75) is 24.2 Å². The minimum Gasteiger partial charge on any atom is -0.496 e. The number of benzene rings is 2. The predicted molar refractivity (Wildman–Crippen MR) is 116 cm³/mol. The Hall–Kier alpha value is -2.36. The summed E-state index contributed by atoms with van der Waals surface area (Å²) in [6, 6.07) is 7.57. The summed E-state index contributed by atoms with van der Waals surface area (Å²) in [5, 5.41) is 0.170. The number of nitrogen functional groups attached to an aromatic ring is 1. The highest BCUT2D eigenvalue weighted by Gasteiger charge is 2.38. The molecule has 0 radical (unpaired) electrons. The lowest BCUT2D eigenvalue weighted by molar-refractivity contribution is -0.131. The molecule has 31 heavy (non-hydrogen) atoms. The molecule has 2 aromatic carbocycles. The molecule has 0 aromatic heterocycles. The van der Waals surface area contributed by atoms with Crippen molar-refractivity contribution in [1.29, 1.82) is 0 Å². The van der Waals surface area contributed by atoms with Gasteiger partial charge in [0, 0.05) is 12.3 Å². The molecule has 11 heteroatoms. The second kappa shape index (κ2) is 9.84. The van der Waals surface area contributed by atoms with Gasteiger partial charge in [0.05, 0.1) is 29.3 Å². The minimum atomic E-state index is -4.34. The van der Waals surface area contributed by atoms with E-state index >= 15 is 0 Å². The van der Waals surface area contributed by atoms with Gasteiger partial charge in [-0.25, -0.2) is 17.1 Å². The Morgan fingerprint density at radius 1 is 1.23 bits per heavy atom. The molecule has 168 valence electrons. The lowest BCUT2D eigenvalue weighted by atomic mass is 9.93. The standard InChI is InChI=1S/C20H20ClFN2O5S.ClH/c1-29-19-7-3-14(22)9-13(19)8-12-2-4-15(25)11-24(20(12)26)30(27,28)16-5-6-17(21)18(23)10-16;/h3,5-7,9-10,12H,2,4,8,11,23H2,1H3;1H. The number of rotatable bonds is 5. The minimum absolute atomic E-state index is 0. The summed E-state index contributed by atoms with van der Waals surface area (Å²) in [7, 11) is -2.92. The van der Waals surface area contributed by atoms with E-state index < -0.39 is 34.2 Å². The molecule has 1 aliphatic rings. The molecule has 7 nitrogen and oxygen atoms in total. The van der Waals surface area contributed by atoms with Crippen molar-refractivity contribution in [3.8, 4) is 5.75 Å². The van der Waals surface area contributed by atoms with Gasteiger partial charge < -0.3 is 10.5 Å². The largest absolute Gasteiger partial charge is 0.496 e. The van der Waals surface area contributed by atoms with Gasteiger partial charge in [-0.1, -0.05) is 11.6 Å². The second-order valence-electron chi connectivity index (χ2n) is 6.97. The number of nitrogens with zero attached hydrogens (tertiary/aromatic N) is 1. The number of amides is 1. The molecule has 1 atom stereocenters. The maximum atomic E-state index is 13.7. The number of halogens is 3. The van der Waals surface area contributed by atoms with Gasteiger partial charge in [-0.05, 0) is 54.8 Å². The number of ketones is 1. The number of hydrogen-bond donors (Lipinski definition) is 1. The zero-order valence-electron chi connectivity index (χ0n) is 16.5. The third kappa shape index (κ3) is 5.28. The van der Waals surface area contributed by atoms with Crippen LogP contribution in [0.3, 0.4) is 0 Å². The van der Waals surface area contributed by atoms with Gasteiger partial charge in [0.25, 0.3) is 10.0 Å². The fraction of sp³-hybridized carbons (Fsp3) is 0.300. The van der Waals surface area contributed by atoms with Crippen molar-refractivity contribution in [2.24, 2.45) is 5.92 Å². The number of nitrogens with two attached hydrogens (primary N) is 1. The quantitative estimate of drug-likeness (QED) is 0.644. The van der Waals surface area contributed by atoms with E-state index in [9.17, 15) is 22.4 Å². The van der Waals surface area contributed by atoms with E-state index in [0.29, 0.717) is 15.6 Å². The fourth-order valence-corrected chi connectivity index (χ4v) is 4.94. The van der Waals surface area contributed by atoms with Crippen LogP contribution in [0.15, 0.2) is 41.3 Å². The van der Waals surface area contributed by atoms with E-state index in [1.807, 2.05) is 0 Å². The average Bonchev–Trinajstić information content (AvgIpc) is 2.84. The van der Waals surface area contributed by atoms with E-state index in [1.165, 1.54) is 37.4 Å². The maximum absolute atomic E-state index is 13.7. The summed E-state index contributed by atoms with van der Waals surface area (Å²) in [6.07, 6.45) is 0.205. The smallest absolute Gasteiger partial charge is 0.266 e. The number of Topliss-reactive ketones (excluding diaryl/α,β-unsaturated/α-hetero) is 1. The van der Waals surface area contributed by atoms with E-state index in [-0.39, 0.29) is 53.1 Å². The van der Waals surface area contributed by atoms with Crippen LogP contribution >= 0.6 is 24.0 Å². The van der Waals surface area contributed by atoms with Crippen LogP contribution in [0, 0.1) is 11.7 Å². The number of carbonyl (C=O) groups is 2. The number of hydrogen-bond acceptors (Lipinski definition) is 6. The van der Waals surface area contributed by atoms with Crippen LogP contribution in [0.5, 0.6) is 5.75 Å². The van der Waals surface area contributed by atoms with Gasteiger partial charge in [-0.3, -0.25) is 9.59 Å². The van der Waals surface area contributed by atoms with Crippen LogP contribution in [0.25, 0.3) is 0 Å². The molecule has 0 spiro atoms. The van der Waals surface area contributed by atoms with Crippen molar-refractivity contribution in [2.75, 3.05) is 19.4 Å². The lowest BCUT2D eigenvalue weighted by Crippen LogP contribution is -2.42. The van der Waals surface area contributed by atoms with E-state index in [2.05, 4.69) is 0 Å². The average molecular weight is 491 g/mol. The van der Waals surface area contributed by atoms with Gasteiger partial charge in [0.2, 0.25) is 5.91 Å². The molecule has 1 heterocycles. The van der Waals surface area contributed by atoms with E-state index in [1.54, 1.807) is 0 Å². The highest BCUT2D eigenvalue weighted by atomic mass is 35.5. The Balaban J connectivity index is 0.00000341. The monoisotopic (exact) mass is 490 g/mol.